The van der Waals surface area contributed by atoms with Crippen molar-refractivity contribution in [2.24, 2.45) is 0 Å². The first-order valence-corrected chi connectivity index (χ1v) is 9.83. The van der Waals surface area contributed by atoms with E-state index in [1.807, 2.05) is 0 Å². The van der Waals surface area contributed by atoms with Crippen molar-refractivity contribution in [1.29, 1.82) is 0 Å². The lowest BCUT2D eigenvalue weighted by Crippen LogP contribution is -2.16. The zero-order chi connectivity index (χ0) is 11.5. The van der Waals surface area contributed by atoms with Crippen molar-refractivity contribution in [2.75, 3.05) is 6.26 Å². The highest BCUT2D eigenvalue weighted by Gasteiger charge is 2.08. The number of hydrogen-bond donors (Lipinski definition) is 0. The molecule has 0 atom stereocenters. The molecule has 1 rings (SSSR count). The number of rotatable bonds is 1. The fourth-order valence-corrected chi connectivity index (χ4v) is 2.22. The Morgan fingerprint density at radius 3 is 2.40 bits per heavy atom. The minimum Gasteiger partial charge on any atom is -0.128 e. The first kappa shape index (κ1) is 12.4. The molecule has 0 aliphatic rings. The van der Waals surface area contributed by atoms with Crippen molar-refractivity contribution in [3.05, 3.63) is 29.3 Å². The molecule has 0 saturated carbocycles. The van der Waals surface area contributed by atoms with Crippen LogP contribution in [-0.2, 0) is 0 Å². The Bertz CT molecular complexity index is 405. The second kappa shape index (κ2) is 4.91. The first-order chi connectivity index (χ1) is 6.92. The fraction of sp³-hybridized carbons (Fsp3) is 0.385. The van der Waals surface area contributed by atoms with Crippen LogP contribution in [0.3, 0.4) is 0 Å². The lowest BCUT2D eigenvalue weighted by molar-refractivity contribution is 1.35. The van der Waals surface area contributed by atoms with Crippen LogP contribution in [0.1, 0.15) is 11.1 Å². The van der Waals surface area contributed by atoms with Crippen LogP contribution in [0, 0.1) is 18.4 Å². The molecule has 80 valence electrons. The van der Waals surface area contributed by atoms with Crippen molar-refractivity contribution < 1.29 is 0 Å². The molecule has 0 N–H and O–H groups in total. The summed E-state index contributed by atoms with van der Waals surface area (Å²) in [5.41, 5.74) is 5.89. The quantitative estimate of drug-likeness (QED) is 0.403. The molecule has 0 aromatic heterocycles. The van der Waals surface area contributed by atoms with Crippen LogP contribution in [0.15, 0.2) is 23.1 Å². The van der Waals surface area contributed by atoms with Crippen LogP contribution >= 0.6 is 11.8 Å². The smallest absolute Gasteiger partial charge is 0.128 e. The minimum atomic E-state index is -1.26. The Morgan fingerprint density at radius 2 is 1.87 bits per heavy atom. The highest BCUT2D eigenvalue weighted by atomic mass is 32.2. The molecule has 0 bridgehead atoms. The van der Waals surface area contributed by atoms with Crippen LogP contribution in [0.25, 0.3) is 0 Å². The minimum absolute atomic E-state index is 1.19. The third-order valence-corrected chi connectivity index (χ3v) is 3.60. The zero-order valence-electron chi connectivity index (χ0n) is 10.1. The second-order valence-corrected chi connectivity index (χ2v) is 10.3. The molecule has 0 saturated heterocycles. The lowest BCUT2D eigenvalue weighted by atomic mass is 10.1. The molecule has 0 aliphatic heterocycles. The summed E-state index contributed by atoms with van der Waals surface area (Å²) in [6.07, 6.45) is 2.10. The molecule has 0 fully saturated rings. The Morgan fingerprint density at radius 1 is 1.20 bits per heavy atom. The molecular formula is C13H18SSi. The summed E-state index contributed by atoms with van der Waals surface area (Å²) in [6, 6.07) is 6.48. The van der Waals surface area contributed by atoms with Gasteiger partial charge in [-0.1, -0.05) is 31.6 Å². The Kier molecular flexibility index (Phi) is 4.07. The van der Waals surface area contributed by atoms with Gasteiger partial charge in [-0.15, -0.1) is 17.3 Å². The van der Waals surface area contributed by atoms with Crippen LogP contribution in [0.2, 0.25) is 19.6 Å². The van der Waals surface area contributed by atoms with Gasteiger partial charge in [0.15, 0.2) is 0 Å². The average Bonchev–Trinajstić information content (AvgIpc) is 2.14. The SMILES string of the molecule is CSc1ccc(C)cc1C#C[Si](C)(C)C. The van der Waals surface area contributed by atoms with Gasteiger partial charge >= 0.3 is 0 Å². The summed E-state index contributed by atoms with van der Waals surface area (Å²) in [6.45, 7) is 8.93. The van der Waals surface area contributed by atoms with E-state index in [4.69, 9.17) is 0 Å². The van der Waals surface area contributed by atoms with E-state index in [2.05, 4.69) is 62.5 Å². The number of benzene rings is 1. The number of aryl methyl sites for hydroxylation is 1. The van der Waals surface area contributed by atoms with Gasteiger partial charge in [0, 0.05) is 10.5 Å². The third kappa shape index (κ3) is 4.15. The van der Waals surface area contributed by atoms with E-state index in [9.17, 15) is 0 Å². The Hall–Kier alpha value is -0.653. The van der Waals surface area contributed by atoms with E-state index in [0.29, 0.717) is 0 Å². The van der Waals surface area contributed by atoms with Crippen molar-refractivity contribution >= 4 is 19.8 Å². The molecule has 0 amide bonds. The van der Waals surface area contributed by atoms with Gasteiger partial charge in [-0.05, 0) is 30.9 Å². The van der Waals surface area contributed by atoms with E-state index in [0.717, 1.165) is 0 Å². The van der Waals surface area contributed by atoms with Gasteiger partial charge in [-0.3, -0.25) is 0 Å². The van der Waals surface area contributed by atoms with E-state index in [1.165, 1.54) is 16.0 Å². The number of thioether (sulfide) groups is 1. The van der Waals surface area contributed by atoms with Gasteiger partial charge < -0.3 is 0 Å². The van der Waals surface area contributed by atoms with Gasteiger partial charge in [0.1, 0.15) is 8.07 Å². The maximum Gasteiger partial charge on any atom is 0.129 e. The average molecular weight is 234 g/mol. The van der Waals surface area contributed by atoms with Gasteiger partial charge in [-0.2, -0.15) is 0 Å². The van der Waals surface area contributed by atoms with Crippen molar-refractivity contribution in [3.63, 3.8) is 0 Å². The Labute approximate surface area is 98.5 Å². The molecule has 1 aromatic carbocycles. The molecule has 0 aliphatic carbocycles. The maximum absolute atomic E-state index is 3.42. The van der Waals surface area contributed by atoms with E-state index in [1.54, 1.807) is 11.8 Å². The molecule has 0 unspecified atom stereocenters. The fourth-order valence-electron chi connectivity index (χ4n) is 1.17. The highest BCUT2D eigenvalue weighted by Crippen LogP contribution is 2.20. The van der Waals surface area contributed by atoms with Crippen LogP contribution in [0.5, 0.6) is 0 Å². The van der Waals surface area contributed by atoms with Gasteiger partial charge in [-0.25, -0.2) is 0 Å². The molecule has 0 radical (unpaired) electrons. The van der Waals surface area contributed by atoms with E-state index in [-0.39, 0.29) is 0 Å². The topological polar surface area (TPSA) is 0 Å². The summed E-state index contributed by atoms with van der Waals surface area (Å²) in [7, 11) is -1.26. The molecule has 0 heterocycles. The van der Waals surface area contributed by atoms with Crippen molar-refractivity contribution in [1.82, 2.24) is 0 Å². The molecule has 0 nitrogen and oxygen atoms in total. The van der Waals surface area contributed by atoms with Crippen molar-refractivity contribution in [2.45, 2.75) is 31.5 Å². The summed E-state index contributed by atoms with van der Waals surface area (Å²) >= 11 is 1.77. The molecule has 15 heavy (non-hydrogen) atoms. The summed E-state index contributed by atoms with van der Waals surface area (Å²) in [4.78, 5) is 1.28. The van der Waals surface area contributed by atoms with Crippen LogP contribution < -0.4 is 0 Å². The maximum atomic E-state index is 3.42. The molecule has 2 heteroatoms. The predicted molar refractivity (Wildman–Crippen MR) is 73.2 cm³/mol. The number of hydrogen-bond acceptors (Lipinski definition) is 1. The lowest BCUT2D eigenvalue weighted by Gasteiger charge is -2.05. The largest absolute Gasteiger partial charge is 0.129 e. The van der Waals surface area contributed by atoms with Crippen LogP contribution in [0.4, 0.5) is 0 Å². The monoisotopic (exact) mass is 234 g/mol. The van der Waals surface area contributed by atoms with Gasteiger partial charge in [0.25, 0.3) is 0 Å². The molecule has 0 spiro atoms. The van der Waals surface area contributed by atoms with E-state index >= 15 is 0 Å². The molecule has 1 aromatic rings. The summed E-state index contributed by atoms with van der Waals surface area (Å²) in [5.74, 6) is 3.34. The zero-order valence-corrected chi connectivity index (χ0v) is 12.0. The van der Waals surface area contributed by atoms with Gasteiger partial charge in [0.05, 0.1) is 0 Å². The highest BCUT2D eigenvalue weighted by molar-refractivity contribution is 7.98. The first-order valence-electron chi connectivity index (χ1n) is 5.10. The second-order valence-electron chi connectivity index (χ2n) is 4.70. The van der Waals surface area contributed by atoms with Gasteiger partial charge in [0.2, 0.25) is 0 Å². The summed E-state index contributed by atoms with van der Waals surface area (Å²) < 4.78 is 0. The summed E-state index contributed by atoms with van der Waals surface area (Å²) in [5, 5.41) is 0. The standard InChI is InChI=1S/C13H18SSi/c1-11-6-7-13(14-2)12(10-11)8-9-15(3,4)5/h6-7,10H,1-5H3. The van der Waals surface area contributed by atoms with E-state index < -0.39 is 8.07 Å². The van der Waals surface area contributed by atoms with Crippen LogP contribution in [-0.4, -0.2) is 14.3 Å². The van der Waals surface area contributed by atoms with Crippen molar-refractivity contribution in [3.8, 4) is 11.5 Å². The Balaban J connectivity index is 3.11. The normalized spacial score (nSPS) is 10.7. The third-order valence-electron chi connectivity index (χ3n) is 1.93. The predicted octanol–water partition coefficient (Wildman–Crippen LogP) is 3.95. The molecular weight excluding hydrogens is 216 g/mol.